The van der Waals surface area contributed by atoms with Crippen LogP contribution in [0.15, 0.2) is 42.7 Å². The SMILES string of the molecule is C=C=CC(=O)Cc1ccccc1OC. The highest BCUT2D eigenvalue weighted by molar-refractivity contribution is 5.91. The first-order chi connectivity index (χ1) is 6.77. The molecule has 0 saturated heterocycles. The number of allylic oxidation sites excluding steroid dienone is 1. The second-order valence-electron chi connectivity index (χ2n) is 2.80. The minimum atomic E-state index is -0.0236. The predicted octanol–water partition coefficient (Wildman–Crippen LogP) is 2.15. The van der Waals surface area contributed by atoms with Crippen LogP contribution in [0, 0.1) is 0 Å². The first kappa shape index (κ1) is 10.3. The number of benzene rings is 1. The molecule has 0 atom stereocenters. The van der Waals surface area contributed by atoms with Crippen molar-refractivity contribution in [3.05, 3.63) is 48.2 Å². The lowest BCUT2D eigenvalue weighted by Gasteiger charge is -2.05. The summed E-state index contributed by atoms with van der Waals surface area (Å²) >= 11 is 0. The Labute approximate surface area is 83.5 Å². The zero-order valence-corrected chi connectivity index (χ0v) is 8.12. The van der Waals surface area contributed by atoms with Gasteiger partial charge in [-0.05, 0) is 6.07 Å². The van der Waals surface area contributed by atoms with Crippen molar-refractivity contribution in [2.75, 3.05) is 7.11 Å². The molecule has 0 saturated carbocycles. The van der Waals surface area contributed by atoms with Crippen molar-refractivity contribution < 1.29 is 9.53 Å². The predicted molar refractivity (Wildman–Crippen MR) is 55.4 cm³/mol. The van der Waals surface area contributed by atoms with E-state index in [1.54, 1.807) is 7.11 Å². The number of carbonyl (C=O) groups excluding carboxylic acids is 1. The minimum Gasteiger partial charge on any atom is -0.496 e. The Kier molecular flexibility index (Phi) is 3.71. The molecule has 1 rings (SSSR count). The van der Waals surface area contributed by atoms with Crippen LogP contribution < -0.4 is 4.74 Å². The van der Waals surface area contributed by atoms with E-state index < -0.39 is 0 Å². The van der Waals surface area contributed by atoms with Crippen LogP contribution in [-0.2, 0) is 11.2 Å². The fraction of sp³-hybridized carbons (Fsp3) is 0.167. The van der Waals surface area contributed by atoms with Crippen molar-refractivity contribution >= 4 is 5.78 Å². The van der Waals surface area contributed by atoms with Crippen LogP contribution in [0.4, 0.5) is 0 Å². The average Bonchev–Trinajstić information content (AvgIpc) is 2.19. The van der Waals surface area contributed by atoms with Gasteiger partial charge in [0.25, 0.3) is 0 Å². The third-order valence-corrected chi connectivity index (χ3v) is 1.82. The summed E-state index contributed by atoms with van der Waals surface area (Å²) in [5.74, 6) is 0.711. The van der Waals surface area contributed by atoms with Gasteiger partial charge in [0, 0.05) is 18.1 Å². The van der Waals surface area contributed by atoms with Crippen LogP contribution in [-0.4, -0.2) is 12.9 Å². The first-order valence-corrected chi connectivity index (χ1v) is 4.28. The van der Waals surface area contributed by atoms with Crippen molar-refractivity contribution in [2.45, 2.75) is 6.42 Å². The molecule has 0 aliphatic carbocycles. The molecule has 0 aromatic heterocycles. The largest absolute Gasteiger partial charge is 0.496 e. The van der Waals surface area contributed by atoms with Gasteiger partial charge in [0.1, 0.15) is 5.75 Å². The van der Waals surface area contributed by atoms with E-state index in [1.807, 2.05) is 24.3 Å². The second kappa shape index (κ2) is 5.05. The number of rotatable bonds is 4. The summed E-state index contributed by atoms with van der Waals surface area (Å²) in [4.78, 5) is 11.3. The molecule has 1 aromatic rings. The van der Waals surface area contributed by atoms with Gasteiger partial charge in [-0.15, -0.1) is 5.73 Å². The molecular formula is C12H12O2. The Balaban J connectivity index is 2.85. The number of ether oxygens (including phenoxy) is 1. The van der Waals surface area contributed by atoms with Crippen molar-refractivity contribution in [1.29, 1.82) is 0 Å². The lowest BCUT2D eigenvalue weighted by molar-refractivity contribution is -0.114. The summed E-state index contributed by atoms with van der Waals surface area (Å²) in [5, 5.41) is 0. The summed E-state index contributed by atoms with van der Waals surface area (Å²) < 4.78 is 5.12. The number of ketones is 1. The van der Waals surface area contributed by atoms with Crippen LogP contribution in [0.2, 0.25) is 0 Å². The van der Waals surface area contributed by atoms with E-state index in [2.05, 4.69) is 12.3 Å². The summed E-state index contributed by atoms with van der Waals surface area (Å²) in [6, 6.07) is 7.45. The van der Waals surface area contributed by atoms with Crippen LogP contribution in [0.1, 0.15) is 5.56 Å². The highest BCUT2D eigenvalue weighted by Crippen LogP contribution is 2.17. The topological polar surface area (TPSA) is 26.3 Å². The Hall–Kier alpha value is -1.79. The molecular weight excluding hydrogens is 176 g/mol. The zero-order valence-electron chi connectivity index (χ0n) is 8.12. The van der Waals surface area contributed by atoms with Gasteiger partial charge in [0.05, 0.1) is 7.11 Å². The molecule has 1 aromatic carbocycles. The Bertz CT molecular complexity index is 374. The van der Waals surface area contributed by atoms with Crippen molar-refractivity contribution in [3.63, 3.8) is 0 Å². The van der Waals surface area contributed by atoms with E-state index in [9.17, 15) is 4.79 Å². The molecule has 0 spiro atoms. The Morgan fingerprint density at radius 3 is 2.93 bits per heavy atom. The van der Waals surface area contributed by atoms with Crippen molar-refractivity contribution in [1.82, 2.24) is 0 Å². The Morgan fingerprint density at radius 2 is 2.29 bits per heavy atom. The van der Waals surface area contributed by atoms with Crippen molar-refractivity contribution in [3.8, 4) is 5.75 Å². The van der Waals surface area contributed by atoms with Crippen molar-refractivity contribution in [2.24, 2.45) is 0 Å². The van der Waals surface area contributed by atoms with Gasteiger partial charge in [-0.1, -0.05) is 24.8 Å². The zero-order chi connectivity index (χ0) is 10.4. The van der Waals surface area contributed by atoms with Gasteiger partial charge in [-0.25, -0.2) is 0 Å². The molecule has 0 unspecified atom stereocenters. The normalized spacial score (nSPS) is 8.93. The van der Waals surface area contributed by atoms with Gasteiger partial charge in [0.15, 0.2) is 5.78 Å². The number of para-hydroxylation sites is 1. The molecule has 72 valence electrons. The molecule has 0 fully saturated rings. The highest BCUT2D eigenvalue weighted by Gasteiger charge is 2.04. The summed E-state index contributed by atoms with van der Waals surface area (Å²) in [5.41, 5.74) is 3.34. The fourth-order valence-electron chi connectivity index (χ4n) is 1.20. The molecule has 0 amide bonds. The summed E-state index contributed by atoms with van der Waals surface area (Å²) in [6.07, 6.45) is 1.67. The molecule has 0 aliphatic heterocycles. The number of hydrogen-bond donors (Lipinski definition) is 0. The maximum absolute atomic E-state index is 11.3. The van der Waals surface area contributed by atoms with E-state index in [1.165, 1.54) is 6.08 Å². The van der Waals surface area contributed by atoms with Crippen LogP contribution in [0.25, 0.3) is 0 Å². The molecule has 0 heterocycles. The minimum absolute atomic E-state index is 0.0236. The number of hydrogen-bond acceptors (Lipinski definition) is 2. The second-order valence-corrected chi connectivity index (χ2v) is 2.80. The molecule has 0 aliphatic rings. The smallest absolute Gasteiger partial charge is 0.167 e. The van der Waals surface area contributed by atoms with Gasteiger partial charge in [-0.2, -0.15) is 0 Å². The van der Waals surface area contributed by atoms with E-state index in [0.717, 1.165) is 11.3 Å². The van der Waals surface area contributed by atoms with Crippen LogP contribution in [0.3, 0.4) is 0 Å². The van der Waals surface area contributed by atoms with Gasteiger partial charge < -0.3 is 4.74 Å². The van der Waals surface area contributed by atoms with Gasteiger partial charge >= 0.3 is 0 Å². The molecule has 2 heteroatoms. The van der Waals surface area contributed by atoms with Crippen LogP contribution in [0.5, 0.6) is 5.75 Å². The monoisotopic (exact) mass is 188 g/mol. The van der Waals surface area contributed by atoms with E-state index in [-0.39, 0.29) is 5.78 Å². The molecule has 2 nitrogen and oxygen atoms in total. The highest BCUT2D eigenvalue weighted by atomic mass is 16.5. The summed E-state index contributed by atoms with van der Waals surface area (Å²) in [6.45, 7) is 3.35. The molecule has 0 radical (unpaired) electrons. The molecule has 14 heavy (non-hydrogen) atoms. The average molecular weight is 188 g/mol. The molecule has 0 N–H and O–H groups in total. The van der Waals surface area contributed by atoms with Gasteiger partial charge in [0.2, 0.25) is 0 Å². The quantitative estimate of drug-likeness (QED) is 0.534. The maximum atomic E-state index is 11.3. The van der Waals surface area contributed by atoms with Crippen LogP contribution >= 0.6 is 0 Å². The van der Waals surface area contributed by atoms with E-state index in [0.29, 0.717) is 6.42 Å². The maximum Gasteiger partial charge on any atom is 0.167 e. The fourth-order valence-corrected chi connectivity index (χ4v) is 1.20. The summed E-state index contributed by atoms with van der Waals surface area (Å²) in [7, 11) is 1.59. The third-order valence-electron chi connectivity index (χ3n) is 1.82. The van der Waals surface area contributed by atoms with E-state index in [4.69, 9.17) is 4.74 Å². The van der Waals surface area contributed by atoms with Gasteiger partial charge in [-0.3, -0.25) is 4.79 Å². The molecule has 0 bridgehead atoms. The number of carbonyl (C=O) groups is 1. The lowest BCUT2D eigenvalue weighted by atomic mass is 10.1. The Morgan fingerprint density at radius 1 is 1.57 bits per heavy atom. The number of methoxy groups -OCH3 is 1. The van der Waals surface area contributed by atoms with E-state index >= 15 is 0 Å². The first-order valence-electron chi connectivity index (χ1n) is 4.28. The third kappa shape index (κ3) is 2.61. The standard InChI is InChI=1S/C12H12O2/c1-3-6-11(13)9-10-7-4-5-8-12(10)14-2/h4-8H,1,9H2,2H3. The lowest BCUT2D eigenvalue weighted by Crippen LogP contribution is -2.00.